The molecule has 1 heterocycles. The summed E-state index contributed by atoms with van der Waals surface area (Å²) in [6.45, 7) is 5.74. The molecule has 1 aromatic heterocycles. The highest BCUT2D eigenvalue weighted by Gasteiger charge is 2.14. The molecule has 2 aromatic rings. The lowest BCUT2D eigenvalue weighted by molar-refractivity contribution is 0.298. The number of aromatic nitrogens is 1. The van der Waals surface area contributed by atoms with E-state index < -0.39 is 0 Å². The number of hydrogen-bond donors (Lipinski definition) is 2. The Morgan fingerprint density at radius 1 is 1.24 bits per heavy atom. The fourth-order valence-electron chi connectivity index (χ4n) is 2.55. The van der Waals surface area contributed by atoms with Crippen LogP contribution in [0.15, 0.2) is 35.5 Å². The number of guanidine groups is 1. The molecule has 0 radical (unpaired) electrons. The molecule has 0 saturated heterocycles. The number of hydrogen-bond acceptors (Lipinski definition) is 4. The lowest BCUT2D eigenvalue weighted by Crippen LogP contribution is -2.41. The zero-order valence-corrected chi connectivity index (χ0v) is 16.7. The number of aliphatic imine (C=N–C) groups is 1. The highest BCUT2D eigenvalue weighted by atomic mass is 32.1. The van der Waals surface area contributed by atoms with Gasteiger partial charge in [-0.2, -0.15) is 0 Å². The normalized spacial score (nSPS) is 13.1. The van der Waals surface area contributed by atoms with Crippen LogP contribution in [-0.2, 0) is 13.0 Å². The molecule has 0 amide bonds. The summed E-state index contributed by atoms with van der Waals surface area (Å²) >= 11 is 1.75. The van der Waals surface area contributed by atoms with Crippen LogP contribution in [0.3, 0.4) is 0 Å². The van der Waals surface area contributed by atoms with E-state index in [1.54, 1.807) is 18.4 Å². The van der Waals surface area contributed by atoms with Crippen molar-refractivity contribution in [1.29, 1.82) is 0 Å². The maximum atomic E-state index is 4.44. The number of nitrogens with zero attached hydrogens (tertiary/aromatic N) is 3. The molecular weight excluding hydrogens is 330 g/mol. The predicted octanol–water partition coefficient (Wildman–Crippen LogP) is 2.98. The minimum atomic E-state index is 0.283. The van der Waals surface area contributed by atoms with Crippen LogP contribution in [0.5, 0.6) is 0 Å². The maximum absolute atomic E-state index is 4.44. The van der Waals surface area contributed by atoms with E-state index in [1.807, 2.05) is 6.20 Å². The first-order valence-electron chi connectivity index (χ1n) is 8.64. The highest BCUT2D eigenvalue weighted by molar-refractivity contribution is 7.11. The van der Waals surface area contributed by atoms with Crippen LogP contribution in [0.4, 0.5) is 0 Å². The summed E-state index contributed by atoms with van der Waals surface area (Å²) in [7, 11) is 6.00. The van der Waals surface area contributed by atoms with Crippen molar-refractivity contribution in [2.24, 2.45) is 4.99 Å². The molecule has 0 saturated carbocycles. The third-order valence-corrected chi connectivity index (χ3v) is 5.27. The molecule has 0 aliphatic heterocycles. The molecule has 6 heteroatoms. The minimum Gasteiger partial charge on any atom is -0.354 e. The van der Waals surface area contributed by atoms with Gasteiger partial charge in [0.2, 0.25) is 0 Å². The largest absolute Gasteiger partial charge is 0.354 e. The summed E-state index contributed by atoms with van der Waals surface area (Å²) in [5.74, 6) is 0.798. The molecule has 1 atom stereocenters. The number of rotatable bonds is 7. The van der Waals surface area contributed by atoms with E-state index in [4.69, 9.17) is 0 Å². The number of thiazole rings is 1. The molecule has 2 N–H and O–H groups in total. The van der Waals surface area contributed by atoms with Crippen molar-refractivity contribution >= 4 is 17.3 Å². The lowest BCUT2D eigenvalue weighted by Gasteiger charge is -2.26. The molecule has 0 aliphatic carbocycles. The maximum Gasteiger partial charge on any atom is 0.191 e. The summed E-state index contributed by atoms with van der Waals surface area (Å²) in [5, 5.41) is 7.86. The average molecular weight is 360 g/mol. The molecule has 25 heavy (non-hydrogen) atoms. The van der Waals surface area contributed by atoms with Gasteiger partial charge < -0.3 is 15.5 Å². The number of benzene rings is 1. The summed E-state index contributed by atoms with van der Waals surface area (Å²) in [6, 6.07) is 8.99. The highest BCUT2D eigenvalue weighted by Crippen LogP contribution is 2.18. The van der Waals surface area contributed by atoms with Gasteiger partial charge in [-0.25, -0.2) is 4.98 Å². The van der Waals surface area contributed by atoms with Crippen molar-refractivity contribution in [2.45, 2.75) is 32.9 Å². The molecular formula is C19H29N5S. The third kappa shape index (κ3) is 5.83. The van der Waals surface area contributed by atoms with Crippen LogP contribution >= 0.6 is 11.3 Å². The smallest absolute Gasteiger partial charge is 0.191 e. The Morgan fingerprint density at radius 3 is 2.52 bits per heavy atom. The fourth-order valence-corrected chi connectivity index (χ4v) is 3.36. The molecule has 0 aliphatic rings. The van der Waals surface area contributed by atoms with Gasteiger partial charge in [-0.3, -0.25) is 4.99 Å². The van der Waals surface area contributed by atoms with Crippen LogP contribution in [0.25, 0.3) is 0 Å². The van der Waals surface area contributed by atoms with E-state index in [-0.39, 0.29) is 6.04 Å². The SMILES string of the molecule is CCc1cnc(CNC(=NC)NCC(c2ccc(C)cc2)N(C)C)s1. The first-order valence-corrected chi connectivity index (χ1v) is 9.46. The van der Waals surface area contributed by atoms with Crippen molar-refractivity contribution < 1.29 is 0 Å². The van der Waals surface area contributed by atoms with Crippen molar-refractivity contribution in [3.8, 4) is 0 Å². The molecule has 1 unspecified atom stereocenters. The van der Waals surface area contributed by atoms with Gasteiger partial charge in [0.15, 0.2) is 5.96 Å². The first-order chi connectivity index (χ1) is 12.0. The van der Waals surface area contributed by atoms with E-state index in [0.29, 0.717) is 6.54 Å². The van der Waals surface area contributed by atoms with Crippen molar-refractivity contribution in [3.63, 3.8) is 0 Å². The topological polar surface area (TPSA) is 52.6 Å². The van der Waals surface area contributed by atoms with E-state index in [2.05, 4.69) is 77.7 Å². The third-order valence-electron chi connectivity index (χ3n) is 4.13. The summed E-state index contributed by atoms with van der Waals surface area (Å²) in [5.41, 5.74) is 2.58. The fraction of sp³-hybridized carbons (Fsp3) is 0.474. The van der Waals surface area contributed by atoms with Crippen LogP contribution in [0.2, 0.25) is 0 Å². The molecule has 0 bridgehead atoms. The first kappa shape index (κ1) is 19.4. The summed E-state index contributed by atoms with van der Waals surface area (Å²) < 4.78 is 0. The van der Waals surface area contributed by atoms with Gasteiger partial charge in [-0.1, -0.05) is 36.8 Å². The monoisotopic (exact) mass is 359 g/mol. The lowest BCUT2D eigenvalue weighted by atomic mass is 10.0. The van der Waals surface area contributed by atoms with Gasteiger partial charge in [0.25, 0.3) is 0 Å². The molecule has 5 nitrogen and oxygen atoms in total. The second-order valence-corrected chi connectivity index (χ2v) is 7.47. The van der Waals surface area contributed by atoms with E-state index in [1.165, 1.54) is 16.0 Å². The Kier molecular flexibility index (Phi) is 7.40. The van der Waals surface area contributed by atoms with Gasteiger partial charge in [-0.15, -0.1) is 11.3 Å². The van der Waals surface area contributed by atoms with E-state index in [0.717, 1.165) is 23.9 Å². The van der Waals surface area contributed by atoms with Crippen molar-refractivity contribution in [3.05, 3.63) is 51.5 Å². The Hall–Kier alpha value is -1.92. The molecule has 136 valence electrons. The quantitative estimate of drug-likeness (QED) is 0.589. The summed E-state index contributed by atoms with van der Waals surface area (Å²) in [4.78, 5) is 12.3. The number of likely N-dealkylation sites (N-methyl/N-ethyl adjacent to an activating group) is 1. The van der Waals surface area contributed by atoms with Crippen LogP contribution in [-0.4, -0.2) is 43.5 Å². The van der Waals surface area contributed by atoms with Crippen LogP contribution < -0.4 is 10.6 Å². The van der Waals surface area contributed by atoms with Gasteiger partial charge in [0, 0.05) is 24.7 Å². The van der Waals surface area contributed by atoms with Gasteiger partial charge >= 0.3 is 0 Å². The number of aryl methyl sites for hydroxylation is 2. The second-order valence-electron chi connectivity index (χ2n) is 6.27. The van der Waals surface area contributed by atoms with Crippen molar-refractivity contribution in [1.82, 2.24) is 20.5 Å². The zero-order chi connectivity index (χ0) is 18.2. The Balaban J connectivity index is 1.92. The standard InChI is InChI=1S/C19H29N5S/c1-6-16-11-21-18(25-16)13-23-19(20-3)22-12-17(24(4)5)15-9-7-14(2)8-10-15/h7-11,17H,6,12-13H2,1-5H3,(H2,20,22,23). The Labute approximate surface area is 155 Å². The zero-order valence-electron chi connectivity index (χ0n) is 15.8. The Morgan fingerprint density at radius 2 is 1.96 bits per heavy atom. The van der Waals surface area contributed by atoms with Gasteiger partial charge in [-0.05, 0) is 33.0 Å². The molecule has 0 fully saturated rings. The molecule has 1 aromatic carbocycles. The minimum absolute atomic E-state index is 0.283. The van der Waals surface area contributed by atoms with Crippen LogP contribution in [0.1, 0.15) is 34.0 Å². The number of nitrogens with one attached hydrogen (secondary N) is 2. The van der Waals surface area contributed by atoms with E-state index >= 15 is 0 Å². The predicted molar refractivity (Wildman–Crippen MR) is 107 cm³/mol. The van der Waals surface area contributed by atoms with Crippen LogP contribution in [0, 0.1) is 6.92 Å². The van der Waals surface area contributed by atoms with E-state index in [9.17, 15) is 0 Å². The van der Waals surface area contributed by atoms with Gasteiger partial charge in [0.1, 0.15) is 5.01 Å². The second kappa shape index (κ2) is 9.53. The van der Waals surface area contributed by atoms with Crippen molar-refractivity contribution in [2.75, 3.05) is 27.7 Å². The molecule has 0 spiro atoms. The Bertz CT molecular complexity index is 675. The molecule has 2 rings (SSSR count). The summed E-state index contributed by atoms with van der Waals surface area (Å²) in [6.07, 6.45) is 2.99. The van der Waals surface area contributed by atoms with Gasteiger partial charge in [0.05, 0.1) is 12.6 Å². The average Bonchev–Trinajstić information content (AvgIpc) is 3.07.